The molecule has 1 saturated heterocycles. The third-order valence-corrected chi connectivity index (χ3v) is 7.48. The molecule has 1 aliphatic heterocycles. The fourth-order valence-corrected chi connectivity index (χ4v) is 5.77. The molecular weight excluding hydrogens is 408 g/mol. The Kier molecular flexibility index (Phi) is 5.46. The SMILES string of the molecule is Cc1nn(C)cc1S(=O)(=O)N1CCC[C@@H](c2cccc(-c3cccc(Cl)c3)n2)C1. The summed E-state index contributed by atoms with van der Waals surface area (Å²) in [6.07, 6.45) is 3.28. The molecule has 0 bridgehead atoms. The zero-order valence-electron chi connectivity index (χ0n) is 16.4. The van der Waals surface area contributed by atoms with Gasteiger partial charge in [-0.25, -0.2) is 8.42 Å². The van der Waals surface area contributed by atoms with Gasteiger partial charge in [0.25, 0.3) is 0 Å². The first-order valence-corrected chi connectivity index (χ1v) is 11.4. The summed E-state index contributed by atoms with van der Waals surface area (Å²) < 4.78 is 29.4. The molecule has 1 atom stereocenters. The van der Waals surface area contributed by atoms with Crippen LogP contribution >= 0.6 is 11.6 Å². The topological polar surface area (TPSA) is 68.1 Å². The van der Waals surface area contributed by atoms with Gasteiger partial charge in [0.15, 0.2) is 0 Å². The molecule has 1 aromatic carbocycles. The van der Waals surface area contributed by atoms with E-state index in [-0.39, 0.29) is 10.8 Å². The zero-order chi connectivity index (χ0) is 20.6. The molecule has 2 aromatic heterocycles. The van der Waals surface area contributed by atoms with Crippen LogP contribution in [0.25, 0.3) is 11.3 Å². The van der Waals surface area contributed by atoms with Gasteiger partial charge in [-0.2, -0.15) is 9.40 Å². The van der Waals surface area contributed by atoms with Crippen molar-refractivity contribution in [2.24, 2.45) is 7.05 Å². The van der Waals surface area contributed by atoms with Crippen molar-refractivity contribution in [3.05, 3.63) is 65.1 Å². The lowest BCUT2D eigenvalue weighted by atomic mass is 9.95. The van der Waals surface area contributed by atoms with Gasteiger partial charge in [-0.3, -0.25) is 9.67 Å². The van der Waals surface area contributed by atoms with Crippen LogP contribution in [0.15, 0.2) is 53.6 Å². The number of halogens is 1. The summed E-state index contributed by atoms with van der Waals surface area (Å²) in [6, 6.07) is 13.5. The molecule has 0 N–H and O–H groups in total. The van der Waals surface area contributed by atoms with E-state index in [1.807, 2.05) is 42.5 Å². The van der Waals surface area contributed by atoms with Crippen molar-refractivity contribution < 1.29 is 8.42 Å². The first-order valence-electron chi connectivity index (χ1n) is 9.58. The van der Waals surface area contributed by atoms with E-state index in [1.54, 1.807) is 29.2 Å². The van der Waals surface area contributed by atoms with Crippen LogP contribution in [0.3, 0.4) is 0 Å². The van der Waals surface area contributed by atoms with E-state index in [0.29, 0.717) is 23.8 Å². The Morgan fingerprint density at radius 3 is 2.69 bits per heavy atom. The maximum absolute atomic E-state index is 13.2. The second-order valence-corrected chi connectivity index (χ2v) is 9.76. The molecule has 1 aliphatic rings. The van der Waals surface area contributed by atoms with Gasteiger partial charge in [-0.1, -0.05) is 29.8 Å². The van der Waals surface area contributed by atoms with Gasteiger partial charge in [0.05, 0.1) is 11.4 Å². The number of sulfonamides is 1. The molecule has 1 fully saturated rings. The van der Waals surface area contributed by atoms with Crippen LogP contribution in [0.2, 0.25) is 5.02 Å². The fraction of sp³-hybridized carbons (Fsp3) is 0.333. The van der Waals surface area contributed by atoms with Crippen molar-refractivity contribution >= 4 is 21.6 Å². The second-order valence-electron chi connectivity index (χ2n) is 7.41. The fourth-order valence-electron chi connectivity index (χ4n) is 3.86. The Morgan fingerprint density at radius 1 is 1.17 bits per heavy atom. The van der Waals surface area contributed by atoms with E-state index in [9.17, 15) is 8.42 Å². The average Bonchev–Trinajstić information content (AvgIpc) is 3.07. The van der Waals surface area contributed by atoms with Crippen LogP contribution in [0.1, 0.15) is 30.1 Å². The highest BCUT2D eigenvalue weighted by atomic mass is 35.5. The molecule has 4 rings (SSSR count). The number of hydrogen-bond acceptors (Lipinski definition) is 4. The number of aromatic nitrogens is 3. The van der Waals surface area contributed by atoms with Gasteiger partial charge in [0.2, 0.25) is 10.0 Å². The summed E-state index contributed by atoms with van der Waals surface area (Å²) in [7, 11) is -1.84. The molecule has 29 heavy (non-hydrogen) atoms. The number of nitrogens with zero attached hydrogens (tertiary/aromatic N) is 4. The Morgan fingerprint density at radius 2 is 1.97 bits per heavy atom. The van der Waals surface area contributed by atoms with Gasteiger partial charge < -0.3 is 0 Å². The van der Waals surface area contributed by atoms with E-state index in [4.69, 9.17) is 16.6 Å². The number of piperidine rings is 1. The van der Waals surface area contributed by atoms with Crippen molar-refractivity contribution in [3.8, 4) is 11.3 Å². The second kappa shape index (κ2) is 7.89. The predicted molar refractivity (Wildman–Crippen MR) is 113 cm³/mol. The molecule has 3 aromatic rings. The number of benzene rings is 1. The zero-order valence-corrected chi connectivity index (χ0v) is 18.0. The number of aryl methyl sites for hydroxylation is 2. The highest BCUT2D eigenvalue weighted by Gasteiger charge is 2.33. The first-order chi connectivity index (χ1) is 13.8. The van der Waals surface area contributed by atoms with Crippen molar-refractivity contribution in [2.75, 3.05) is 13.1 Å². The Labute approximate surface area is 176 Å². The van der Waals surface area contributed by atoms with E-state index in [1.165, 1.54) is 0 Å². The maximum Gasteiger partial charge on any atom is 0.246 e. The molecular formula is C21H23ClN4O2S. The molecule has 0 unspecified atom stereocenters. The predicted octanol–water partition coefficient (Wildman–Crippen LogP) is 4.01. The van der Waals surface area contributed by atoms with E-state index in [0.717, 1.165) is 29.8 Å². The smallest absolute Gasteiger partial charge is 0.246 e. The minimum absolute atomic E-state index is 0.0506. The summed E-state index contributed by atoms with van der Waals surface area (Å²) in [5.41, 5.74) is 3.22. The third-order valence-electron chi connectivity index (χ3n) is 5.28. The normalized spacial score (nSPS) is 18.1. The van der Waals surface area contributed by atoms with E-state index >= 15 is 0 Å². The largest absolute Gasteiger partial charge is 0.274 e. The lowest BCUT2D eigenvalue weighted by Crippen LogP contribution is -2.39. The summed E-state index contributed by atoms with van der Waals surface area (Å²) in [4.78, 5) is 5.10. The van der Waals surface area contributed by atoms with Crippen LogP contribution in [-0.4, -0.2) is 40.6 Å². The van der Waals surface area contributed by atoms with Crippen molar-refractivity contribution in [1.29, 1.82) is 0 Å². The Bertz CT molecular complexity index is 1140. The van der Waals surface area contributed by atoms with Crippen molar-refractivity contribution in [1.82, 2.24) is 19.1 Å². The van der Waals surface area contributed by atoms with Gasteiger partial charge in [-0.05, 0) is 44.0 Å². The number of pyridine rings is 1. The summed E-state index contributed by atoms with van der Waals surface area (Å²) in [5, 5.41) is 4.85. The van der Waals surface area contributed by atoms with Crippen LogP contribution in [-0.2, 0) is 17.1 Å². The molecule has 6 nitrogen and oxygen atoms in total. The molecule has 3 heterocycles. The number of rotatable bonds is 4. The minimum atomic E-state index is -3.58. The molecule has 0 amide bonds. The van der Waals surface area contributed by atoms with Crippen LogP contribution in [0, 0.1) is 6.92 Å². The van der Waals surface area contributed by atoms with Gasteiger partial charge in [0, 0.05) is 48.5 Å². The summed E-state index contributed by atoms with van der Waals surface area (Å²) in [6.45, 7) is 2.66. The molecule has 8 heteroatoms. The average molecular weight is 431 g/mol. The highest BCUT2D eigenvalue weighted by Crippen LogP contribution is 2.31. The third kappa shape index (κ3) is 4.08. The standard InChI is InChI=1S/C21H23ClN4O2S/c1-15-21(14-25(2)24-15)29(27,28)26-11-5-7-17(13-26)20-10-4-9-19(23-20)16-6-3-8-18(22)12-16/h3-4,6,8-10,12,14,17H,5,7,11,13H2,1-2H3/t17-/m1/s1. The van der Waals surface area contributed by atoms with Gasteiger partial charge in [0.1, 0.15) is 4.90 Å². The molecule has 0 saturated carbocycles. The van der Waals surface area contributed by atoms with Crippen molar-refractivity contribution in [3.63, 3.8) is 0 Å². The molecule has 0 spiro atoms. The lowest BCUT2D eigenvalue weighted by molar-refractivity contribution is 0.312. The summed E-state index contributed by atoms with van der Waals surface area (Å²) >= 11 is 6.12. The molecule has 0 radical (unpaired) electrons. The van der Waals surface area contributed by atoms with Gasteiger partial charge >= 0.3 is 0 Å². The van der Waals surface area contributed by atoms with E-state index < -0.39 is 10.0 Å². The molecule has 152 valence electrons. The van der Waals surface area contributed by atoms with Gasteiger partial charge in [-0.15, -0.1) is 0 Å². The quantitative estimate of drug-likeness (QED) is 0.627. The maximum atomic E-state index is 13.2. The Hall–Kier alpha value is -2.22. The number of hydrogen-bond donors (Lipinski definition) is 0. The van der Waals surface area contributed by atoms with Crippen LogP contribution in [0.4, 0.5) is 0 Å². The van der Waals surface area contributed by atoms with Crippen LogP contribution in [0.5, 0.6) is 0 Å². The monoisotopic (exact) mass is 430 g/mol. The highest BCUT2D eigenvalue weighted by molar-refractivity contribution is 7.89. The van der Waals surface area contributed by atoms with Crippen LogP contribution < -0.4 is 0 Å². The van der Waals surface area contributed by atoms with E-state index in [2.05, 4.69) is 5.10 Å². The summed E-state index contributed by atoms with van der Waals surface area (Å²) in [5.74, 6) is 0.0506. The minimum Gasteiger partial charge on any atom is -0.274 e. The molecule has 0 aliphatic carbocycles. The first kappa shape index (κ1) is 20.1. The lowest BCUT2D eigenvalue weighted by Gasteiger charge is -2.31. The van der Waals surface area contributed by atoms with Crippen molar-refractivity contribution in [2.45, 2.75) is 30.6 Å². The Balaban J connectivity index is 1.61.